The van der Waals surface area contributed by atoms with Crippen LogP contribution in [0, 0.1) is 44.1 Å². The van der Waals surface area contributed by atoms with E-state index in [1.54, 1.807) is 13.0 Å². The Hall–Kier alpha value is -0.168. The maximum absolute atomic E-state index is 11.1. The first-order valence-corrected chi connectivity index (χ1v) is 5.32. The Bertz CT molecular complexity index is 416. The van der Waals surface area contributed by atoms with E-state index in [4.69, 9.17) is 0 Å². The number of carbonyl (C=O) groups is 1. The van der Waals surface area contributed by atoms with E-state index in [9.17, 15) is 9.90 Å². The smallest absolute Gasteiger partial charge is 0.187 e. The predicted octanol–water partition coefficient (Wildman–Crippen LogP) is 1.17. The van der Waals surface area contributed by atoms with Crippen LogP contribution in [-0.4, -0.2) is 16.9 Å². The molecule has 0 aliphatic heterocycles. The number of allylic oxidation sites excluding steroid dienone is 1. The molecule has 89 valence electrons. The number of aromatic hydroxyl groups is 1. The monoisotopic (exact) mass is 447 g/mol. The maximum Gasteiger partial charge on any atom is 0.187 e. The molecular weight excluding hydrogens is 429 g/mol. The van der Waals surface area contributed by atoms with Crippen LogP contribution in [0.2, 0.25) is 0 Å². The van der Waals surface area contributed by atoms with E-state index < -0.39 is 0 Å². The zero-order valence-corrected chi connectivity index (χ0v) is 15.1. The third kappa shape index (κ3) is 5.33. The molecule has 0 aliphatic rings. The van der Waals surface area contributed by atoms with Gasteiger partial charge in [0.1, 0.15) is 11.8 Å². The number of rotatable bonds is 4. The Morgan fingerprint density at radius 2 is 2.18 bits per heavy atom. The van der Waals surface area contributed by atoms with Crippen LogP contribution < -0.4 is 5.73 Å². The van der Waals surface area contributed by atoms with Crippen LogP contribution in [0.25, 0.3) is 6.08 Å². The Kier molecular flexibility index (Phi) is 7.95. The van der Waals surface area contributed by atoms with Crippen molar-refractivity contribution in [1.82, 2.24) is 0 Å². The molecule has 1 aromatic carbocycles. The molecule has 0 amide bonds. The standard InChI is InChI=1S/C13H17NO2.Ac/c1-3-4-11-7-10(5-6-13(11)16)8-12(14)9(2)15;/h3-7,12,16H,8,14H2,1-2H3;/p+1/b4-3+;/t12-;/m0./s1. The molecule has 1 aromatic rings. The third-order valence-corrected chi connectivity index (χ3v) is 2.50. The third-order valence-electron chi connectivity index (χ3n) is 2.50. The minimum atomic E-state index is -0.219. The van der Waals surface area contributed by atoms with E-state index in [-0.39, 0.29) is 61.6 Å². The van der Waals surface area contributed by atoms with Crippen molar-refractivity contribution in [2.75, 3.05) is 0 Å². The molecular formula is C13H18AcNO2+. The van der Waals surface area contributed by atoms with Gasteiger partial charge in [0.15, 0.2) is 5.78 Å². The maximum atomic E-state index is 11.1. The molecule has 0 bridgehead atoms. The number of quaternary nitrogens is 1. The van der Waals surface area contributed by atoms with Gasteiger partial charge < -0.3 is 10.8 Å². The molecule has 0 saturated carbocycles. The summed E-state index contributed by atoms with van der Waals surface area (Å²) in [5.74, 6) is 0.339. The predicted molar refractivity (Wildman–Crippen MR) is 63.9 cm³/mol. The summed E-state index contributed by atoms with van der Waals surface area (Å²) >= 11 is 0. The Morgan fingerprint density at radius 1 is 1.53 bits per heavy atom. The summed E-state index contributed by atoms with van der Waals surface area (Å²) in [6, 6.07) is 5.14. The van der Waals surface area contributed by atoms with Crippen LogP contribution in [-0.2, 0) is 11.2 Å². The van der Waals surface area contributed by atoms with Gasteiger partial charge in [-0.2, -0.15) is 0 Å². The molecule has 0 spiro atoms. The normalized spacial score (nSPS) is 12.2. The fraction of sp³-hybridized carbons (Fsp3) is 0.308. The minimum absolute atomic E-state index is 0. The van der Waals surface area contributed by atoms with Crippen molar-refractivity contribution < 1.29 is 59.7 Å². The van der Waals surface area contributed by atoms with E-state index in [1.165, 1.54) is 0 Å². The molecule has 17 heavy (non-hydrogen) atoms. The summed E-state index contributed by atoms with van der Waals surface area (Å²) in [6.07, 6.45) is 4.32. The Morgan fingerprint density at radius 3 is 2.71 bits per heavy atom. The van der Waals surface area contributed by atoms with Crippen LogP contribution in [0.1, 0.15) is 25.0 Å². The van der Waals surface area contributed by atoms with Gasteiger partial charge in [-0.3, -0.25) is 4.79 Å². The second-order valence-electron chi connectivity index (χ2n) is 3.90. The summed E-state index contributed by atoms with van der Waals surface area (Å²) in [7, 11) is 0. The molecule has 0 aliphatic carbocycles. The van der Waals surface area contributed by atoms with Gasteiger partial charge in [-0.15, -0.1) is 0 Å². The van der Waals surface area contributed by atoms with Gasteiger partial charge in [-0.1, -0.05) is 18.2 Å². The number of ketones is 1. The second-order valence-corrected chi connectivity index (χ2v) is 3.90. The van der Waals surface area contributed by atoms with E-state index in [0.29, 0.717) is 6.42 Å². The molecule has 1 rings (SSSR count). The van der Waals surface area contributed by atoms with Gasteiger partial charge in [0.25, 0.3) is 0 Å². The summed E-state index contributed by atoms with van der Waals surface area (Å²) in [5, 5.41) is 9.58. The SMILES string of the molecule is C/C=C/c1cc(C[C@H]([NH3+])C(C)=O)ccc1O.[Ac]. The molecule has 0 unspecified atom stereocenters. The molecule has 3 nitrogen and oxygen atoms in total. The van der Waals surface area contributed by atoms with Crippen molar-refractivity contribution in [3.63, 3.8) is 0 Å². The molecule has 1 radical (unpaired) electrons. The first kappa shape index (κ1) is 16.8. The number of phenols is 1. The average molecular weight is 447 g/mol. The largest absolute Gasteiger partial charge is 0.507 e. The van der Waals surface area contributed by atoms with Crippen molar-refractivity contribution in [2.45, 2.75) is 26.3 Å². The Balaban J connectivity index is 0.00000256. The molecule has 1 atom stereocenters. The van der Waals surface area contributed by atoms with Gasteiger partial charge in [0.05, 0.1) is 0 Å². The zero-order chi connectivity index (χ0) is 12.1. The van der Waals surface area contributed by atoms with Crippen molar-refractivity contribution in [3.8, 4) is 5.75 Å². The number of carbonyl (C=O) groups excluding carboxylic acids is 1. The van der Waals surface area contributed by atoms with E-state index in [2.05, 4.69) is 5.73 Å². The molecule has 4 heteroatoms. The number of Topliss-reactive ketones (excluding diaryl/α,β-unsaturated/α-hetero) is 1. The fourth-order valence-electron chi connectivity index (χ4n) is 1.47. The van der Waals surface area contributed by atoms with Gasteiger partial charge in [0, 0.05) is 63.0 Å². The fourth-order valence-corrected chi connectivity index (χ4v) is 1.47. The van der Waals surface area contributed by atoms with Crippen LogP contribution in [0.5, 0.6) is 5.75 Å². The van der Waals surface area contributed by atoms with Gasteiger partial charge in [-0.25, -0.2) is 0 Å². The van der Waals surface area contributed by atoms with E-state index in [1.807, 2.05) is 31.2 Å². The molecule has 0 saturated heterocycles. The summed E-state index contributed by atoms with van der Waals surface area (Å²) in [6.45, 7) is 3.44. The van der Waals surface area contributed by atoms with Gasteiger partial charge >= 0.3 is 0 Å². The minimum Gasteiger partial charge on any atom is -0.507 e. The quantitative estimate of drug-likeness (QED) is 0.728. The average Bonchev–Trinajstić information content (AvgIpc) is 2.23. The van der Waals surface area contributed by atoms with E-state index in [0.717, 1.165) is 11.1 Å². The first-order chi connectivity index (χ1) is 7.54. The van der Waals surface area contributed by atoms with Crippen LogP contribution in [0.4, 0.5) is 0 Å². The van der Waals surface area contributed by atoms with Crippen LogP contribution in [0.3, 0.4) is 0 Å². The molecule has 0 heterocycles. The summed E-state index contributed by atoms with van der Waals surface area (Å²) in [4.78, 5) is 11.1. The molecule has 4 N–H and O–H groups in total. The van der Waals surface area contributed by atoms with Gasteiger partial charge in [0.2, 0.25) is 0 Å². The number of hydrogen-bond acceptors (Lipinski definition) is 2. The number of phenolic OH excluding ortho intramolecular Hbond substituents is 1. The number of hydrogen-bond donors (Lipinski definition) is 2. The molecule has 0 fully saturated rings. The van der Waals surface area contributed by atoms with Crippen molar-refractivity contribution in [2.24, 2.45) is 0 Å². The Labute approximate surface area is 138 Å². The first-order valence-electron chi connectivity index (χ1n) is 5.32. The topological polar surface area (TPSA) is 64.9 Å². The van der Waals surface area contributed by atoms with Crippen molar-refractivity contribution >= 4 is 11.9 Å². The zero-order valence-electron chi connectivity index (χ0n) is 10.3. The molecule has 0 aromatic heterocycles. The summed E-state index contributed by atoms with van der Waals surface area (Å²) in [5.41, 5.74) is 5.59. The van der Waals surface area contributed by atoms with Crippen LogP contribution >= 0.6 is 0 Å². The summed E-state index contributed by atoms with van der Waals surface area (Å²) < 4.78 is 0. The number of benzene rings is 1. The van der Waals surface area contributed by atoms with Crippen LogP contribution in [0.15, 0.2) is 24.3 Å². The van der Waals surface area contributed by atoms with Crippen molar-refractivity contribution in [1.29, 1.82) is 0 Å². The van der Waals surface area contributed by atoms with Gasteiger partial charge in [-0.05, 0) is 24.6 Å². The van der Waals surface area contributed by atoms with E-state index >= 15 is 0 Å². The second kappa shape index (κ2) is 8.03. The van der Waals surface area contributed by atoms with Crippen molar-refractivity contribution in [3.05, 3.63) is 35.4 Å².